The molecule has 1 aliphatic rings. The molecule has 0 radical (unpaired) electrons. The molecule has 1 N–H and O–H groups in total. The Hall–Kier alpha value is -4.06. The molecule has 4 aromatic rings. The minimum absolute atomic E-state index is 0.0397. The summed E-state index contributed by atoms with van der Waals surface area (Å²) < 4.78 is 5.29. The van der Waals surface area contributed by atoms with Gasteiger partial charge in [0.25, 0.3) is 5.91 Å². The fourth-order valence-electron chi connectivity index (χ4n) is 4.61. The van der Waals surface area contributed by atoms with Gasteiger partial charge < -0.3 is 19.5 Å². The highest BCUT2D eigenvalue weighted by Gasteiger charge is 2.35. The molecule has 2 amide bonds. The number of nitrogens with zero attached hydrogens (tertiary/aromatic N) is 2. The summed E-state index contributed by atoms with van der Waals surface area (Å²) in [5, 5.41) is 0.901. The molecule has 0 unspecified atom stereocenters. The summed E-state index contributed by atoms with van der Waals surface area (Å²) in [6.45, 7) is 1.08. The second kappa shape index (κ2) is 9.43. The van der Waals surface area contributed by atoms with Crippen molar-refractivity contribution in [1.29, 1.82) is 0 Å². The fraction of sp³-hybridized carbons (Fsp3) is 0.214. The second-order valence-electron chi connectivity index (χ2n) is 8.67. The maximum Gasteiger partial charge on any atom is 0.270 e. The quantitative estimate of drug-likeness (QED) is 0.474. The maximum atomic E-state index is 13.4. The number of aromatic nitrogens is 1. The molecule has 0 aliphatic carbocycles. The topological polar surface area (TPSA) is 65.6 Å². The molecule has 172 valence electrons. The SMILES string of the molecule is COc1ccc2[nH]c(C(=O)N3CC(=O)N(Cc4ccccc4)[C@@H](Cc4ccccc4)C3)cc2c1. The third kappa shape index (κ3) is 4.53. The molecule has 0 saturated carbocycles. The Morgan fingerprint density at radius 2 is 1.68 bits per heavy atom. The number of ether oxygens (including phenoxy) is 1. The first-order valence-corrected chi connectivity index (χ1v) is 11.4. The van der Waals surface area contributed by atoms with Gasteiger partial charge >= 0.3 is 0 Å². The van der Waals surface area contributed by atoms with Crippen molar-refractivity contribution in [3.8, 4) is 5.75 Å². The number of amides is 2. The third-order valence-corrected chi connectivity index (χ3v) is 6.37. The second-order valence-corrected chi connectivity index (χ2v) is 8.67. The predicted molar refractivity (Wildman–Crippen MR) is 132 cm³/mol. The maximum absolute atomic E-state index is 13.4. The van der Waals surface area contributed by atoms with Crippen molar-refractivity contribution in [3.05, 3.63) is 102 Å². The average molecular weight is 454 g/mol. The van der Waals surface area contributed by atoms with Crippen LogP contribution in [0, 0.1) is 0 Å². The first-order chi connectivity index (χ1) is 16.6. The van der Waals surface area contributed by atoms with E-state index < -0.39 is 0 Å². The van der Waals surface area contributed by atoms with E-state index in [0.717, 1.165) is 27.8 Å². The number of carbonyl (C=O) groups is 2. The number of carbonyl (C=O) groups excluding carboxylic acids is 2. The van der Waals surface area contributed by atoms with Crippen LogP contribution in [0.5, 0.6) is 5.75 Å². The van der Waals surface area contributed by atoms with Gasteiger partial charge in [0.05, 0.1) is 13.2 Å². The number of methoxy groups -OCH3 is 1. The highest BCUT2D eigenvalue weighted by Crippen LogP contribution is 2.24. The van der Waals surface area contributed by atoms with Crippen molar-refractivity contribution in [1.82, 2.24) is 14.8 Å². The Morgan fingerprint density at radius 3 is 2.38 bits per heavy atom. The summed E-state index contributed by atoms with van der Waals surface area (Å²) in [6.07, 6.45) is 0.688. The summed E-state index contributed by atoms with van der Waals surface area (Å²) in [4.78, 5) is 33.5. The van der Waals surface area contributed by atoms with E-state index >= 15 is 0 Å². The lowest BCUT2D eigenvalue weighted by atomic mass is 10.0. The molecule has 1 atom stereocenters. The molecular weight excluding hydrogens is 426 g/mol. The van der Waals surface area contributed by atoms with Gasteiger partial charge in [-0.05, 0) is 41.8 Å². The number of nitrogens with one attached hydrogen (secondary N) is 1. The monoisotopic (exact) mass is 453 g/mol. The van der Waals surface area contributed by atoms with Crippen LogP contribution in [0.2, 0.25) is 0 Å². The molecule has 6 heteroatoms. The van der Waals surface area contributed by atoms with Crippen molar-refractivity contribution in [2.45, 2.75) is 19.0 Å². The lowest BCUT2D eigenvalue weighted by Gasteiger charge is -2.41. The van der Waals surface area contributed by atoms with E-state index in [1.807, 2.05) is 77.7 Å². The zero-order valence-electron chi connectivity index (χ0n) is 19.1. The Kier molecular flexibility index (Phi) is 6.04. The number of rotatable bonds is 6. The number of piperazine rings is 1. The fourth-order valence-corrected chi connectivity index (χ4v) is 4.61. The van der Waals surface area contributed by atoms with E-state index in [1.54, 1.807) is 12.0 Å². The number of H-pyrrole nitrogens is 1. The molecule has 1 aliphatic heterocycles. The Morgan fingerprint density at radius 1 is 0.971 bits per heavy atom. The van der Waals surface area contributed by atoms with E-state index in [-0.39, 0.29) is 24.4 Å². The van der Waals surface area contributed by atoms with Gasteiger partial charge in [0, 0.05) is 24.0 Å². The van der Waals surface area contributed by atoms with Crippen LogP contribution in [-0.2, 0) is 17.8 Å². The summed E-state index contributed by atoms with van der Waals surface area (Å²) >= 11 is 0. The van der Waals surface area contributed by atoms with Crippen molar-refractivity contribution >= 4 is 22.7 Å². The lowest BCUT2D eigenvalue weighted by molar-refractivity contribution is -0.139. The van der Waals surface area contributed by atoms with Gasteiger partial charge in [0.1, 0.15) is 18.0 Å². The van der Waals surface area contributed by atoms with Gasteiger partial charge in [0.2, 0.25) is 5.91 Å². The van der Waals surface area contributed by atoms with E-state index in [2.05, 4.69) is 17.1 Å². The van der Waals surface area contributed by atoms with Crippen LogP contribution in [0.4, 0.5) is 0 Å². The molecule has 1 aromatic heterocycles. The van der Waals surface area contributed by atoms with Gasteiger partial charge in [0.15, 0.2) is 0 Å². The average Bonchev–Trinajstić information content (AvgIpc) is 3.30. The largest absolute Gasteiger partial charge is 0.497 e. The lowest BCUT2D eigenvalue weighted by Crippen LogP contribution is -2.58. The smallest absolute Gasteiger partial charge is 0.270 e. The summed E-state index contributed by atoms with van der Waals surface area (Å²) in [6, 6.07) is 27.5. The number of hydrogen-bond donors (Lipinski definition) is 1. The number of hydrogen-bond acceptors (Lipinski definition) is 3. The molecule has 6 nitrogen and oxygen atoms in total. The third-order valence-electron chi connectivity index (χ3n) is 6.37. The standard InChI is InChI=1S/C28H27N3O3/c1-34-24-12-13-25-22(15-24)16-26(29-25)28(33)30-18-23(14-20-8-4-2-5-9-20)31(27(32)19-30)17-21-10-6-3-7-11-21/h2-13,15-16,23,29H,14,17-19H2,1H3/t23-/m0/s1. The van der Waals surface area contributed by atoms with Crippen LogP contribution in [0.15, 0.2) is 84.9 Å². The Bertz CT molecular complexity index is 1300. The Labute approximate surface area is 198 Å². The molecule has 2 heterocycles. The van der Waals surface area contributed by atoms with Crippen LogP contribution in [0.1, 0.15) is 21.6 Å². The van der Waals surface area contributed by atoms with E-state index in [0.29, 0.717) is 25.2 Å². The molecule has 34 heavy (non-hydrogen) atoms. The Balaban J connectivity index is 1.40. The van der Waals surface area contributed by atoms with Crippen LogP contribution in [-0.4, -0.2) is 52.8 Å². The molecule has 3 aromatic carbocycles. The summed E-state index contributed by atoms with van der Waals surface area (Å²) in [5.41, 5.74) is 3.56. The highest BCUT2D eigenvalue weighted by molar-refractivity contribution is 6.00. The minimum Gasteiger partial charge on any atom is -0.497 e. The van der Waals surface area contributed by atoms with E-state index in [4.69, 9.17) is 4.74 Å². The van der Waals surface area contributed by atoms with Crippen molar-refractivity contribution < 1.29 is 14.3 Å². The van der Waals surface area contributed by atoms with Gasteiger partial charge in [-0.2, -0.15) is 0 Å². The molecule has 0 bridgehead atoms. The predicted octanol–water partition coefficient (Wildman–Crippen LogP) is 4.27. The van der Waals surface area contributed by atoms with Crippen LogP contribution >= 0.6 is 0 Å². The van der Waals surface area contributed by atoms with Crippen LogP contribution < -0.4 is 4.74 Å². The number of aromatic amines is 1. The zero-order chi connectivity index (χ0) is 23.5. The van der Waals surface area contributed by atoms with E-state index in [9.17, 15) is 9.59 Å². The van der Waals surface area contributed by atoms with E-state index in [1.165, 1.54) is 0 Å². The molecule has 1 saturated heterocycles. The van der Waals surface area contributed by atoms with Crippen LogP contribution in [0.25, 0.3) is 10.9 Å². The molecule has 5 rings (SSSR count). The van der Waals surface area contributed by atoms with Gasteiger partial charge in [-0.25, -0.2) is 0 Å². The highest BCUT2D eigenvalue weighted by atomic mass is 16.5. The minimum atomic E-state index is -0.166. The summed E-state index contributed by atoms with van der Waals surface area (Å²) in [7, 11) is 1.62. The molecule has 0 spiro atoms. The number of benzene rings is 3. The van der Waals surface area contributed by atoms with Gasteiger partial charge in [-0.3, -0.25) is 9.59 Å². The molecular formula is C28H27N3O3. The van der Waals surface area contributed by atoms with Crippen molar-refractivity contribution in [2.24, 2.45) is 0 Å². The number of fused-ring (bicyclic) bond motifs is 1. The molecule has 1 fully saturated rings. The van der Waals surface area contributed by atoms with Crippen molar-refractivity contribution in [2.75, 3.05) is 20.2 Å². The van der Waals surface area contributed by atoms with Gasteiger partial charge in [-0.1, -0.05) is 60.7 Å². The first-order valence-electron chi connectivity index (χ1n) is 11.4. The van der Waals surface area contributed by atoms with Crippen LogP contribution in [0.3, 0.4) is 0 Å². The first kappa shape index (κ1) is 21.8. The zero-order valence-corrected chi connectivity index (χ0v) is 19.1. The normalized spacial score (nSPS) is 16.1. The summed E-state index contributed by atoms with van der Waals surface area (Å²) in [5.74, 6) is 0.529. The van der Waals surface area contributed by atoms with Gasteiger partial charge in [-0.15, -0.1) is 0 Å². The van der Waals surface area contributed by atoms with Crippen molar-refractivity contribution in [3.63, 3.8) is 0 Å².